The molecular formula is C14H10F6N2. The van der Waals surface area contributed by atoms with Gasteiger partial charge >= 0.3 is 6.18 Å². The van der Waals surface area contributed by atoms with Crippen LogP contribution in [0.15, 0.2) is 30.3 Å². The average Bonchev–Trinajstić information content (AvgIpc) is 2.42. The highest BCUT2D eigenvalue weighted by Gasteiger charge is 2.36. The summed E-state index contributed by atoms with van der Waals surface area (Å²) in [6.07, 6.45) is -5.07. The van der Waals surface area contributed by atoms with Crippen LogP contribution in [0.2, 0.25) is 0 Å². The maximum absolute atomic E-state index is 14.3. The Morgan fingerprint density at radius 1 is 0.955 bits per heavy atom. The zero-order chi connectivity index (χ0) is 16.7. The Labute approximate surface area is 121 Å². The second kappa shape index (κ2) is 5.43. The van der Waals surface area contributed by atoms with Gasteiger partial charge in [0.2, 0.25) is 0 Å². The maximum atomic E-state index is 14.3. The third-order valence-electron chi connectivity index (χ3n) is 3.02. The first-order valence-electron chi connectivity index (χ1n) is 6.00. The standard InChI is InChI=1S/C14H10F6N2/c1-7-2-3-8(21)6-11(7)22(20)10-5-4-9(14(17,18)19)12(15)13(10)16/h2-6H,21H2,1H3. The van der Waals surface area contributed by atoms with Crippen LogP contribution in [0.4, 0.5) is 43.5 Å². The van der Waals surface area contributed by atoms with Gasteiger partial charge in [-0.15, -0.1) is 0 Å². The van der Waals surface area contributed by atoms with Crippen molar-refractivity contribution in [1.82, 2.24) is 0 Å². The topological polar surface area (TPSA) is 29.3 Å². The van der Waals surface area contributed by atoms with Crippen LogP contribution in [0.3, 0.4) is 0 Å². The molecule has 0 unspecified atom stereocenters. The summed E-state index contributed by atoms with van der Waals surface area (Å²) < 4.78 is 79.0. The van der Waals surface area contributed by atoms with E-state index in [2.05, 4.69) is 0 Å². The lowest BCUT2D eigenvalue weighted by Gasteiger charge is -2.19. The summed E-state index contributed by atoms with van der Waals surface area (Å²) in [5, 5.41) is -0.246. The van der Waals surface area contributed by atoms with Crippen molar-refractivity contribution in [2.24, 2.45) is 0 Å². The van der Waals surface area contributed by atoms with Gasteiger partial charge < -0.3 is 5.73 Å². The van der Waals surface area contributed by atoms with E-state index in [1.165, 1.54) is 19.1 Å². The van der Waals surface area contributed by atoms with Crippen LogP contribution in [-0.2, 0) is 6.18 Å². The highest BCUT2D eigenvalue weighted by Crippen LogP contribution is 2.38. The molecule has 0 spiro atoms. The molecule has 0 fully saturated rings. The third kappa shape index (κ3) is 2.81. The van der Waals surface area contributed by atoms with Gasteiger partial charge in [-0.1, -0.05) is 10.5 Å². The lowest BCUT2D eigenvalue weighted by atomic mass is 10.1. The van der Waals surface area contributed by atoms with Crippen LogP contribution in [-0.4, -0.2) is 0 Å². The number of benzene rings is 2. The van der Waals surface area contributed by atoms with Crippen molar-refractivity contribution >= 4 is 17.1 Å². The smallest absolute Gasteiger partial charge is 0.399 e. The second-order valence-electron chi connectivity index (χ2n) is 4.58. The van der Waals surface area contributed by atoms with E-state index in [1.54, 1.807) is 0 Å². The fourth-order valence-corrected chi connectivity index (χ4v) is 1.88. The van der Waals surface area contributed by atoms with Gasteiger partial charge in [-0.3, -0.25) is 0 Å². The number of rotatable bonds is 2. The highest BCUT2D eigenvalue weighted by atomic mass is 19.4. The summed E-state index contributed by atoms with van der Waals surface area (Å²) in [5.41, 5.74) is 3.02. The summed E-state index contributed by atoms with van der Waals surface area (Å²) in [6, 6.07) is 4.86. The second-order valence-corrected chi connectivity index (χ2v) is 4.58. The van der Waals surface area contributed by atoms with Gasteiger partial charge in [0.25, 0.3) is 0 Å². The highest BCUT2D eigenvalue weighted by molar-refractivity contribution is 5.68. The van der Waals surface area contributed by atoms with E-state index >= 15 is 0 Å². The molecular weight excluding hydrogens is 310 g/mol. The first kappa shape index (κ1) is 16.0. The predicted octanol–water partition coefficient (Wildman–Crippen LogP) is 4.90. The van der Waals surface area contributed by atoms with Gasteiger partial charge in [-0.05, 0) is 36.8 Å². The van der Waals surface area contributed by atoms with Crippen LogP contribution in [0.1, 0.15) is 11.1 Å². The molecule has 0 aromatic heterocycles. The van der Waals surface area contributed by atoms with E-state index < -0.39 is 29.1 Å². The largest absolute Gasteiger partial charge is 0.419 e. The van der Waals surface area contributed by atoms with Gasteiger partial charge in [-0.2, -0.15) is 18.3 Å². The fraction of sp³-hybridized carbons (Fsp3) is 0.143. The monoisotopic (exact) mass is 320 g/mol. The molecule has 2 rings (SSSR count). The van der Waals surface area contributed by atoms with E-state index in [4.69, 9.17) is 5.73 Å². The summed E-state index contributed by atoms with van der Waals surface area (Å²) in [5.74, 6) is -4.09. The number of halogens is 6. The molecule has 118 valence electrons. The van der Waals surface area contributed by atoms with Crippen LogP contribution >= 0.6 is 0 Å². The minimum Gasteiger partial charge on any atom is -0.399 e. The molecule has 0 aliphatic carbocycles. The van der Waals surface area contributed by atoms with Crippen molar-refractivity contribution in [2.75, 3.05) is 10.9 Å². The predicted molar refractivity (Wildman–Crippen MR) is 70.2 cm³/mol. The van der Waals surface area contributed by atoms with Crippen molar-refractivity contribution < 1.29 is 26.4 Å². The quantitative estimate of drug-likeness (QED) is 0.484. The van der Waals surface area contributed by atoms with E-state index in [0.29, 0.717) is 11.6 Å². The van der Waals surface area contributed by atoms with Crippen LogP contribution in [0.25, 0.3) is 0 Å². The zero-order valence-corrected chi connectivity index (χ0v) is 11.2. The number of hydrogen-bond acceptors (Lipinski definition) is 2. The Morgan fingerprint density at radius 2 is 1.59 bits per heavy atom. The van der Waals surface area contributed by atoms with Crippen molar-refractivity contribution in [1.29, 1.82) is 0 Å². The molecule has 2 N–H and O–H groups in total. The van der Waals surface area contributed by atoms with Gasteiger partial charge in [0.15, 0.2) is 11.6 Å². The van der Waals surface area contributed by atoms with Gasteiger partial charge in [0, 0.05) is 5.69 Å². The van der Waals surface area contributed by atoms with E-state index in [0.717, 1.165) is 6.07 Å². The maximum Gasteiger partial charge on any atom is 0.419 e. The molecule has 22 heavy (non-hydrogen) atoms. The molecule has 2 aromatic carbocycles. The molecule has 8 heteroatoms. The molecule has 2 nitrogen and oxygen atoms in total. The van der Waals surface area contributed by atoms with E-state index in [9.17, 15) is 26.4 Å². The molecule has 0 atom stereocenters. The Kier molecular flexibility index (Phi) is 3.95. The number of nitrogens with zero attached hydrogens (tertiary/aromatic N) is 1. The zero-order valence-electron chi connectivity index (χ0n) is 11.2. The first-order valence-corrected chi connectivity index (χ1v) is 6.00. The van der Waals surface area contributed by atoms with Gasteiger partial charge in [0.1, 0.15) is 5.69 Å². The summed E-state index contributed by atoms with van der Waals surface area (Å²) in [4.78, 5) is 0. The molecule has 0 heterocycles. The molecule has 0 bridgehead atoms. The lowest BCUT2D eigenvalue weighted by Crippen LogP contribution is -2.14. The van der Waals surface area contributed by atoms with E-state index in [-0.39, 0.29) is 22.6 Å². The average molecular weight is 320 g/mol. The molecule has 0 amide bonds. The Bertz CT molecular complexity index is 711. The van der Waals surface area contributed by atoms with Gasteiger partial charge in [-0.25, -0.2) is 8.78 Å². The Hall–Kier alpha value is -2.38. The first-order chi connectivity index (χ1) is 10.1. The Balaban J connectivity index is 2.54. The van der Waals surface area contributed by atoms with Crippen LogP contribution in [0, 0.1) is 18.6 Å². The van der Waals surface area contributed by atoms with Crippen molar-refractivity contribution in [3.63, 3.8) is 0 Å². The number of aryl methyl sites for hydroxylation is 1. The van der Waals surface area contributed by atoms with Crippen LogP contribution < -0.4 is 10.9 Å². The van der Waals surface area contributed by atoms with Crippen molar-refractivity contribution in [2.45, 2.75) is 13.1 Å². The number of alkyl halides is 3. The fourth-order valence-electron chi connectivity index (χ4n) is 1.88. The summed E-state index contributed by atoms with van der Waals surface area (Å²) in [6.45, 7) is 1.49. The Morgan fingerprint density at radius 3 is 2.18 bits per heavy atom. The minimum absolute atomic E-state index is 0.163. The van der Waals surface area contributed by atoms with E-state index in [1.807, 2.05) is 0 Å². The molecule has 2 aromatic rings. The number of anilines is 3. The van der Waals surface area contributed by atoms with Crippen molar-refractivity contribution in [3.05, 3.63) is 53.1 Å². The molecule has 0 radical (unpaired) electrons. The minimum atomic E-state index is -5.07. The number of hydrogen-bond donors (Lipinski definition) is 1. The van der Waals surface area contributed by atoms with Crippen molar-refractivity contribution in [3.8, 4) is 0 Å². The SMILES string of the molecule is Cc1ccc(N)cc1N(F)c1ccc(C(F)(F)F)c(F)c1F. The molecule has 0 saturated heterocycles. The number of nitrogens with two attached hydrogens (primary N) is 1. The summed E-state index contributed by atoms with van der Waals surface area (Å²) in [7, 11) is 0. The van der Waals surface area contributed by atoms with Crippen LogP contribution in [0.5, 0.6) is 0 Å². The third-order valence-corrected chi connectivity index (χ3v) is 3.02. The summed E-state index contributed by atoms with van der Waals surface area (Å²) >= 11 is 0. The lowest BCUT2D eigenvalue weighted by molar-refractivity contribution is -0.140. The normalized spacial score (nSPS) is 11.6. The molecule has 0 saturated carbocycles. The number of nitrogen functional groups attached to an aromatic ring is 1. The molecule has 0 aliphatic heterocycles. The van der Waals surface area contributed by atoms with Gasteiger partial charge in [0.05, 0.1) is 11.3 Å². The molecule has 0 aliphatic rings.